The van der Waals surface area contributed by atoms with Gasteiger partial charge in [-0.2, -0.15) is 0 Å². The number of nitrogens with one attached hydrogen (secondary N) is 1. The van der Waals surface area contributed by atoms with E-state index >= 15 is 0 Å². The number of amides is 1. The molecule has 0 heterocycles. The molecule has 1 amide bonds. The first kappa shape index (κ1) is 16.1. The second-order valence-corrected chi connectivity index (χ2v) is 5.08. The van der Waals surface area contributed by atoms with Crippen molar-refractivity contribution in [3.8, 4) is 5.75 Å². The molecule has 2 rings (SSSR count). The zero-order valence-corrected chi connectivity index (χ0v) is 12.7. The summed E-state index contributed by atoms with van der Waals surface area (Å²) in [5.74, 6) is -1.28. The number of halogens is 2. The van der Waals surface area contributed by atoms with Gasteiger partial charge in [-0.15, -0.1) is 0 Å². The number of carbonyl (C=O) groups is 2. The lowest BCUT2D eigenvalue weighted by atomic mass is 10.2. The monoisotopic (exact) mass is 339 g/mol. The third-order valence-corrected chi connectivity index (χ3v) is 3.31. The number of carbonyl (C=O) groups excluding carboxylic acids is 1. The summed E-state index contributed by atoms with van der Waals surface area (Å²) in [5.41, 5.74) is 0.517. The zero-order chi connectivity index (χ0) is 16.1. The van der Waals surface area contributed by atoms with Crippen LogP contribution < -0.4 is 10.1 Å². The highest BCUT2D eigenvalue weighted by Crippen LogP contribution is 2.25. The van der Waals surface area contributed by atoms with Gasteiger partial charge in [0.05, 0.1) is 21.3 Å². The molecule has 0 aliphatic carbocycles. The largest absolute Gasteiger partial charge is 0.482 e. The van der Waals surface area contributed by atoms with Crippen molar-refractivity contribution in [2.45, 2.75) is 0 Å². The van der Waals surface area contributed by atoms with Crippen molar-refractivity contribution in [1.29, 1.82) is 0 Å². The van der Waals surface area contributed by atoms with Gasteiger partial charge in [0.1, 0.15) is 5.75 Å². The molecule has 0 spiro atoms. The van der Waals surface area contributed by atoms with Gasteiger partial charge in [0.25, 0.3) is 5.91 Å². The lowest BCUT2D eigenvalue weighted by Crippen LogP contribution is -2.20. The molecule has 0 bridgehead atoms. The standard InChI is InChI=1S/C15H11Cl2NO4/c16-10-3-1-2-4-12(10)18-14(19)8-22-13-6-5-9(15(20)21)7-11(13)17/h1-7H,8H2,(H,18,19)(H,20,21). The van der Waals surface area contributed by atoms with E-state index in [4.69, 9.17) is 33.0 Å². The van der Waals surface area contributed by atoms with Crippen molar-refractivity contribution in [3.05, 3.63) is 58.1 Å². The van der Waals surface area contributed by atoms with E-state index in [1.807, 2.05) is 0 Å². The third kappa shape index (κ3) is 4.13. The molecule has 114 valence electrons. The van der Waals surface area contributed by atoms with Crippen LogP contribution in [0.3, 0.4) is 0 Å². The molecule has 0 radical (unpaired) electrons. The smallest absolute Gasteiger partial charge is 0.335 e. The van der Waals surface area contributed by atoms with Crippen LogP contribution in [0.4, 0.5) is 5.69 Å². The van der Waals surface area contributed by atoms with Gasteiger partial charge in [0.15, 0.2) is 6.61 Å². The average Bonchev–Trinajstić information content (AvgIpc) is 2.48. The van der Waals surface area contributed by atoms with E-state index in [-0.39, 0.29) is 22.9 Å². The summed E-state index contributed by atoms with van der Waals surface area (Å²) in [6.45, 7) is -0.280. The minimum absolute atomic E-state index is 0.0397. The Balaban J connectivity index is 1.97. The van der Waals surface area contributed by atoms with E-state index in [0.29, 0.717) is 10.7 Å². The van der Waals surface area contributed by atoms with E-state index in [1.54, 1.807) is 24.3 Å². The molecule has 0 fully saturated rings. The second-order valence-electron chi connectivity index (χ2n) is 4.27. The maximum atomic E-state index is 11.8. The number of carboxylic acids is 1. The van der Waals surface area contributed by atoms with Gasteiger partial charge < -0.3 is 15.2 Å². The Hall–Kier alpha value is -2.24. The third-order valence-electron chi connectivity index (χ3n) is 2.69. The summed E-state index contributed by atoms with van der Waals surface area (Å²) in [6, 6.07) is 10.8. The molecule has 0 saturated carbocycles. The quantitative estimate of drug-likeness (QED) is 0.870. The summed E-state index contributed by atoms with van der Waals surface area (Å²) in [5, 5.41) is 12.0. The summed E-state index contributed by atoms with van der Waals surface area (Å²) in [7, 11) is 0. The number of hydrogen-bond donors (Lipinski definition) is 2. The molecule has 2 aromatic rings. The van der Waals surface area contributed by atoms with Crippen LogP contribution in [0.5, 0.6) is 5.75 Å². The molecule has 0 aliphatic heterocycles. The normalized spacial score (nSPS) is 10.1. The van der Waals surface area contributed by atoms with Gasteiger partial charge in [0, 0.05) is 0 Å². The summed E-state index contributed by atoms with van der Waals surface area (Å²) in [4.78, 5) is 22.6. The van der Waals surface area contributed by atoms with Crippen LogP contribution in [0.25, 0.3) is 0 Å². The highest BCUT2D eigenvalue weighted by molar-refractivity contribution is 6.33. The van der Waals surface area contributed by atoms with E-state index in [1.165, 1.54) is 18.2 Å². The van der Waals surface area contributed by atoms with Gasteiger partial charge in [0.2, 0.25) is 0 Å². The Morgan fingerprint density at radius 2 is 1.82 bits per heavy atom. The van der Waals surface area contributed by atoms with Crippen molar-refractivity contribution < 1.29 is 19.4 Å². The summed E-state index contributed by atoms with van der Waals surface area (Å²) in [6.07, 6.45) is 0. The van der Waals surface area contributed by atoms with Gasteiger partial charge in [-0.1, -0.05) is 35.3 Å². The number of para-hydroxylation sites is 1. The van der Waals surface area contributed by atoms with Crippen molar-refractivity contribution >= 4 is 40.8 Å². The number of aromatic carboxylic acids is 1. The molecule has 5 nitrogen and oxygen atoms in total. The van der Waals surface area contributed by atoms with Gasteiger partial charge in [-0.3, -0.25) is 4.79 Å². The maximum Gasteiger partial charge on any atom is 0.335 e. The number of hydrogen-bond acceptors (Lipinski definition) is 3. The fourth-order valence-electron chi connectivity index (χ4n) is 1.64. The second kappa shape index (κ2) is 7.15. The topological polar surface area (TPSA) is 75.6 Å². The predicted molar refractivity (Wildman–Crippen MR) is 84.0 cm³/mol. The van der Waals surface area contributed by atoms with Gasteiger partial charge in [-0.05, 0) is 30.3 Å². The lowest BCUT2D eigenvalue weighted by Gasteiger charge is -2.10. The van der Waals surface area contributed by atoms with Crippen LogP contribution in [0.15, 0.2) is 42.5 Å². The number of rotatable bonds is 5. The Bertz CT molecular complexity index is 718. The fraction of sp³-hybridized carbons (Fsp3) is 0.0667. The molecule has 0 unspecified atom stereocenters. The minimum atomic E-state index is -1.09. The number of benzene rings is 2. The molecular formula is C15H11Cl2NO4. The van der Waals surface area contributed by atoms with E-state index in [2.05, 4.69) is 5.32 Å². The van der Waals surface area contributed by atoms with Crippen LogP contribution in [0.1, 0.15) is 10.4 Å². The van der Waals surface area contributed by atoms with Crippen LogP contribution in [-0.4, -0.2) is 23.6 Å². The highest BCUT2D eigenvalue weighted by atomic mass is 35.5. The first-order valence-electron chi connectivity index (χ1n) is 6.17. The molecule has 0 atom stereocenters. The Labute approximate surface area is 136 Å². The van der Waals surface area contributed by atoms with Crippen molar-refractivity contribution in [3.63, 3.8) is 0 Å². The van der Waals surface area contributed by atoms with E-state index in [0.717, 1.165) is 0 Å². The number of carboxylic acid groups (broad SMARTS) is 1. The van der Waals surface area contributed by atoms with E-state index in [9.17, 15) is 9.59 Å². The van der Waals surface area contributed by atoms with Crippen molar-refractivity contribution in [2.75, 3.05) is 11.9 Å². The SMILES string of the molecule is O=C(COc1ccc(C(=O)O)cc1Cl)Nc1ccccc1Cl. The van der Waals surface area contributed by atoms with Crippen molar-refractivity contribution in [2.24, 2.45) is 0 Å². The average molecular weight is 340 g/mol. The molecule has 0 aromatic heterocycles. The molecule has 22 heavy (non-hydrogen) atoms. The van der Waals surface area contributed by atoms with Crippen LogP contribution >= 0.6 is 23.2 Å². The predicted octanol–water partition coefficient (Wildman–Crippen LogP) is 3.71. The molecule has 2 N–H and O–H groups in total. The Kier molecular flexibility index (Phi) is 5.25. The highest BCUT2D eigenvalue weighted by Gasteiger charge is 2.10. The number of anilines is 1. The van der Waals surface area contributed by atoms with Crippen LogP contribution in [0, 0.1) is 0 Å². The lowest BCUT2D eigenvalue weighted by molar-refractivity contribution is -0.118. The van der Waals surface area contributed by atoms with Gasteiger partial charge >= 0.3 is 5.97 Å². The van der Waals surface area contributed by atoms with Crippen LogP contribution in [-0.2, 0) is 4.79 Å². The summed E-state index contributed by atoms with van der Waals surface area (Å²) >= 11 is 11.8. The zero-order valence-electron chi connectivity index (χ0n) is 11.2. The Morgan fingerprint density at radius 1 is 1.09 bits per heavy atom. The maximum absolute atomic E-state index is 11.8. The van der Waals surface area contributed by atoms with Gasteiger partial charge in [-0.25, -0.2) is 4.79 Å². The molecule has 0 aliphatic rings. The number of ether oxygens (including phenoxy) is 1. The Morgan fingerprint density at radius 3 is 2.45 bits per heavy atom. The summed E-state index contributed by atoms with van der Waals surface area (Å²) < 4.78 is 5.27. The minimum Gasteiger partial charge on any atom is -0.482 e. The van der Waals surface area contributed by atoms with Crippen molar-refractivity contribution in [1.82, 2.24) is 0 Å². The molecular weight excluding hydrogens is 329 g/mol. The molecule has 2 aromatic carbocycles. The fourth-order valence-corrected chi connectivity index (χ4v) is 2.06. The van der Waals surface area contributed by atoms with E-state index < -0.39 is 11.9 Å². The van der Waals surface area contributed by atoms with Crippen LogP contribution in [0.2, 0.25) is 10.0 Å². The first-order valence-corrected chi connectivity index (χ1v) is 6.93. The first-order chi connectivity index (χ1) is 10.5. The molecule has 7 heteroatoms. The molecule has 0 saturated heterocycles.